The molecule has 0 saturated carbocycles. The summed E-state index contributed by atoms with van der Waals surface area (Å²) < 4.78 is 5.27. The molecule has 2 rings (SSSR count). The average molecular weight is 268 g/mol. The van der Waals surface area contributed by atoms with Crippen molar-refractivity contribution >= 4 is 27.7 Å². The number of pyridine rings is 1. The zero-order valence-corrected chi connectivity index (χ0v) is 9.06. The fourth-order valence-corrected chi connectivity index (χ4v) is 1.33. The maximum absolute atomic E-state index is 11.5. The van der Waals surface area contributed by atoms with Crippen molar-refractivity contribution in [1.29, 1.82) is 0 Å². The van der Waals surface area contributed by atoms with Gasteiger partial charge in [-0.05, 0) is 28.1 Å². The van der Waals surface area contributed by atoms with Crippen LogP contribution in [0.25, 0.3) is 0 Å². The molecule has 0 radical (unpaired) electrons. The van der Waals surface area contributed by atoms with Crippen LogP contribution in [0, 0.1) is 0 Å². The minimum atomic E-state index is -0.358. The van der Waals surface area contributed by atoms with Crippen molar-refractivity contribution < 1.29 is 9.32 Å². The summed E-state index contributed by atoms with van der Waals surface area (Å²) in [4.78, 5) is 15.5. The van der Waals surface area contributed by atoms with Gasteiger partial charge < -0.3 is 9.84 Å². The van der Waals surface area contributed by atoms with Gasteiger partial charge in [-0.1, -0.05) is 5.16 Å². The number of amides is 1. The molecule has 0 bridgehead atoms. The van der Waals surface area contributed by atoms with Gasteiger partial charge in [-0.2, -0.15) is 0 Å². The quantitative estimate of drug-likeness (QED) is 0.905. The lowest BCUT2D eigenvalue weighted by atomic mass is 10.4. The summed E-state index contributed by atoms with van der Waals surface area (Å²) >= 11 is 3.27. The number of aromatic nitrogens is 2. The Bertz CT molecular complexity index is 470. The zero-order chi connectivity index (χ0) is 10.7. The van der Waals surface area contributed by atoms with Crippen molar-refractivity contribution in [3.8, 4) is 0 Å². The van der Waals surface area contributed by atoms with Gasteiger partial charge in [-0.15, -0.1) is 0 Å². The van der Waals surface area contributed by atoms with Gasteiger partial charge in [0.15, 0.2) is 5.69 Å². The van der Waals surface area contributed by atoms with Gasteiger partial charge in [-0.3, -0.25) is 4.79 Å². The minimum absolute atomic E-state index is 0.215. The Balaban J connectivity index is 2.17. The molecular weight excluding hydrogens is 262 g/mol. The van der Waals surface area contributed by atoms with Crippen LogP contribution in [0.15, 0.2) is 39.7 Å². The van der Waals surface area contributed by atoms with E-state index in [1.807, 2.05) is 0 Å². The normalized spacial score (nSPS) is 9.93. The molecule has 1 amide bonds. The lowest BCUT2D eigenvalue weighted by Gasteiger charge is -2.02. The van der Waals surface area contributed by atoms with E-state index in [0.717, 1.165) is 0 Å². The van der Waals surface area contributed by atoms with Crippen molar-refractivity contribution in [3.63, 3.8) is 0 Å². The standard InChI is InChI=1S/C9H6BrN3O2/c10-6-2-1-4-11-8(6)12-9(14)7-3-5-15-13-7/h1-5H,(H,11,12,14). The van der Waals surface area contributed by atoms with E-state index in [9.17, 15) is 4.79 Å². The molecule has 0 aliphatic carbocycles. The number of rotatable bonds is 2. The van der Waals surface area contributed by atoms with Crippen molar-refractivity contribution in [1.82, 2.24) is 10.1 Å². The molecule has 0 atom stereocenters. The smallest absolute Gasteiger partial charge is 0.279 e. The van der Waals surface area contributed by atoms with Crippen LogP contribution in [0.4, 0.5) is 5.82 Å². The second-order valence-electron chi connectivity index (χ2n) is 2.67. The number of hydrogen-bond donors (Lipinski definition) is 1. The van der Waals surface area contributed by atoms with E-state index >= 15 is 0 Å². The van der Waals surface area contributed by atoms with Gasteiger partial charge >= 0.3 is 0 Å². The molecule has 0 spiro atoms. The number of nitrogens with zero attached hydrogens (tertiary/aromatic N) is 2. The van der Waals surface area contributed by atoms with E-state index in [4.69, 9.17) is 0 Å². The first-order valence-corrected chi connectivity index (χ1v) is 4.89. The molecule has 0 aliphatic heterocycles. The van der Waals surface area contributed by atoms with Crippen molar-refractivity contribution in [2.45, 2.75) is 0 Å². The zero-order valence-electron chi connectivity index (χ0n) is 7.48. The van der Waals surface area contributed by atoms with Gasteiger partial charge in [0.2, 0.25) is 0 Å². The number of carbonyl (C=O) groups excluding carboxylic acids is 1. The van der Waals surface area contributed by atoms with Crippen molar-refractivity contribution in [3.05, 3.63) is 40.8 Å². The highest BCUT2D eigenvalue weighted by molar-refractivity contribution is 9.10. The molecule has 0 aromatic carbocycles. The Kier molecular flexibility index (Phi) is 2.77. The first-order chi connectivity index (χ1) is 7.27. The summed E-state index contributed by atoms with van der Waals surface area (Å²) in [6.07, 6.45) is 2.92. The van der Waals surface area contributed by atoms with Crippen LogP contribution in [0.3, 0.4) is 0 Å². The second kappa shape index (κ2) is 4.22. The largest absolute Gasteiger partial charge is 0.364 e. The number of nitrogens with one attached hydrogen (secondary N) is 1. The van der Waals surface area contributed by atoms with Crippen LogP contribution < -0.4 is 5.32 Å². The summed E-state index contributed by atoms with van der Waals surface area (Å²) in [6.45, 7) is 0. The van der Waals surface area contributed by atoms with Crippen LogP contribution in [0.5, 0.6) is 0 Å². The molecule has 0 aliphatic rings. The summed E-state index contributed by atoms with van der Waals surface area (Å²) in [6, 6.07) is 5.02. The Labute approximate surface area is 93.6 Å². The molecule has 2 heterocycles. The van der Waals surface area contributed by atoms with Crippen LogP contribution >= 0.6 is 15.9 Å². The van der Waals surface area contributed by atoms with Gasteiger partial charge in [0.05, 0.1) is 4.47 Å². The highest BCUT2D eigenvalue weighted by atomic mass is 79.9. The molecule has 0 unspecified atom stereocenters. The molecule has 2 aromatic heterocycles. The topological polar surface area (TPSA) is 68.0 Å². The lowest BCUT2D eigenvalue weighted by Crippen LogP contribution is -2.13. The monoisotopic (exact) mass is 267 g/mol. The van der Waals surface area contributed by atoms with Gasteiger partial charge in [-0.25, -0.2) is 4.98 Å². The van der Waals surface area contributed by atoms with Crippen LogP contribution in [-0.2, 0) is 0 Å². The lowest BCUT2D eigenvalue weighted by molar-refractivity contribution is 0.101. The molecule has 2 aromatic rings. The van der Waals surface area contributed by atoms with E-state index in [0.29, 0.717) is 10.3 Å². The summed E-state index contributed by atoms with van der Waals surface area (Å²) in [5, 5.41) is 6.11. The fourth-order valence-electron chi connectivity index (χ4n) is 0.979. The minimum Gasteiger partial charge on any atom is -0.364 e. The maximum atomic E-state index is 11.5. The second-order valence-corrected chi connectivity index (χ2v) is 3.53. The molecule has 76 valence electrons. The molecule has 6 heteroatoms. The van der Waals surface area contributed by atoms with Crippen molar-refractivity contribution in [2.75, 3.05) is 5.32 Å². The molecule has 0 saturated heterocycles. The van der Waals surface area contributed by atoms with E-state index in [1.54, 1.807) is 18.3 Å². The number of anilines is 1. The van der Waals surface area contributed by atoms with E-state index < -0.39 is 0 Å². The highest BCUT2D eigenvalue weighted by Crippen LogP contribution is 2.18. The van der Waals surface area contributed by atoms with Crippen molar-refractivity contribution in [2.24, 2.45) is 0 Å². The SMILES string of the molecule is O=C(Nc1ncccc1Br)c1ccon1. The molecule has 1 N–H and O–H groups in total. The predicted octanol–water partition coefficient (Wildman–Crippen LogP) is 2.08. The van der Waals surface area contributed by atoms with Gasteiger partial charge in [0.1, 0.15) is 12.1 Å². The summed E-state index contributed by atoms with van der Waals surface area (Å²) in [5.74, 6) is 0.0913. The van der Waals surface area contributed by atoms with Gasteiger partial charge in [0, 0.05) is 12.3 Å². The van der Waals surface area contributed by atoms with Gasteiger partial charge in [0.25, 0.3) is 5.91 Å². The molecule has 15 heavy (non-hydrogen) atoms. The van der Waals surface area contributed by atoms with Crippen LogP contribution in [-0.4, -0.2) is 16.0 Å². The van der Waals surface area contributed by atoms with Crippen LogP contribution in [0.2, 0.25) is 0 Å². The van der Waals surface area contributed by atoms with E-state index in [-0.39, 0.29) is 11.6 Å². The Morgan fingerprint density at radius 2 is 2.33 bits per heavy atom. The van der Waals surface area contributed by atoms with E-state index in [2.05, 4.69) is 35.9 Å². The Morgan fingerprint density at radius 1 is 1.47 bits per heavy atom. The first kappa shape index (κ1) is 9.85. The number of hydrogen-bond acceptors (Lipinski definition) is 4. The maximum Gasteiger partial charge on any atom is 0.279 e. The molecule has 5 nitrogen and oxygen atoms in total. The third-order valence-corrected chi connectivity index (χ3v) is 2.30. The predicted molar refractivity (Wildman–Crippen MR) is 56.4 cm³/mol. The molecule has 0 fully saturated rings. The third kappa shape index (κ3) is 2.21. The summed E-state index contributed by atoms with van der Waals surface area (Å²) in [7, 11) is 0. The third-order valence-electron chi connectivity index (χ3n) is 1.66. The number of carbonyl (C=O) groups is 1. The molecular formula is C9H6BrN3O2. The Hall–Kier alpha value is -1.69. The first-order valence-electron chi connectivity index (χ1n) is 4.09. The average Bonchev–Trinajstić information content (AvgIpc) is 2.74. The highest BCUT2D eigenvalue weighted by Gasteiger charge is 2.11. The summed E-state index contributed by atoms with van der Waals surface area (Å²) in [5.41, 5.74) is 0.215. The van der Waals surface area contributed by atoms with Crippen LogP contribution in [0.1, 0.15) is 10.5 Å². The Morgan fingerprint density at radius 3 is 3.00 bits per heavy atom. The van der Waals surface area contributed by atoms with E-state index in [1.165, 1.54) is 12.3 Å². The fraction of sp³-hybridized carbons (Fsp3) is 0. The number of halogens is 1.